The third-order valence-corrected chi connectivity index (χ3v) is 0.371. The van der Waals surface area contributed by atoms with E-state index in [1.807, 2.05) is 0 Å². The number of hydrogen-bond acceptors (Lipinski definition) is 0. The molecular formula is C5H8Ca. The van der Waals surface area contributed by atoms with Gasteiger partial charge in [0.15, 0.2) is 0 Å². The van der Waals surface area contributed by atoms with Crippen molar-refractivity contribution < 1.29 is 0 Å². The molecular weight excluding hydrogens is 100 g/mol. The topological polar surface area (TPSA) is 0 Å². The number of unbranched alkanes of at least 4 members (excludes halogenated alkanes) is 1. The normalized spacial score (nSPS) is 6.17. The van der Waals surface area contributed by atoms with Crippen LogP contribution in [0.5, 0.6) is 0 Å². The molecule has 0 nitrogen and oxygen atoms in total. The number of rotatable bonds is 2. The molecule has 0 radical (unpaired) electrons. The Morgan fingerprint density at radius 2 is 2.17 bits per heavy atom. The van der Waals surface area contributed by atoms with Crippen molar-refractivity contribution in [2.75, 3.05) is 0 Å². The van der Waals surface area contributed by atoms with Gasteiger partial charge in [-0.3, -0.25) is 6.08 Å². The molecule has 0 fully saturated rings. The Labute approximate surface area is 69.6 Å². The molecule has 0 aliphatic carbocycles. The monoisotopic (exact) mass is 108 g/mol. The van der Waals surface area contributed by atoms with E-state index < -0.39 is 0 Å². The van der Waals surface area contributed by atoms with Gasteiger partial charge in [0.2, 0.25) is 0 Å². The van der Waals surface area contributed by atoms with Crippen LogP contribution in [0.15, 0.2) is 6.08 Å². The van der Waals surface area contributed by atoms with Crippen molar-refractivity contribution in [3.05, 3.63) is 19.6 Å². The summed E-state index contributed by atoms with van der Waals surface area (Å²) in [6, 6.07) is 0. The van der Waals surface area contributed by atoms with Crippen LogP contribution in [0.1, 0.15) is 12.8 Å². The molecule has 0 aromatic rings. The first kappa shape index (κ1) is 10.1. The van der Waals surface area contributed by atoms with Crippen LogP contribution in [-0.4, -0.2) is 37.7 Å². The molecule has 0 aromatic carbocycles. The molecule has 0 saturated carbocycles. The minimum Gasteiger partial charge on any atom is -0.518 e. The molecule has 0 aliphatic rings. The van der Waals surface area contributed by atoms with Gasteiger partial charge < -0.3 is 13.5 Å². The molecule has 0 spiro atoms. The second-order valence-electron chi connectivity index (χ2n) is 0.878. The molecule has 0 bridgehead atoms. The van der Waals surface area contributed by atoms with Crippen LogP contribution in [0.4, 0.5) is 0 Å². The van der Waals surface area contributed by atoms with Crippen molar-refractivity contribution in [1.29, 1.82) is 0 Å². The van der Waals surface area contributed by atoms with Crippen LogP contribution >= 0.6 is 0 Å². The minimum atomic E-state index is 0. The fourth-order valence-corrected chi connectivity index (χ4v) is 0.118. The predicted molar refractivity (Wildman–Crippen MR) is 29.2 cm³/mol. The fraction of sp³-hybridized carbons (Fsp3) is 0.400. The summed E-state index contributed by atoms with van der Waals surface area (Å²) in [5.41, 5.74) is 0. The van der Waals surface area contributed by atoms with E-state index in [2.05, 4.69) is 6.92 Å². The van der Waals surface area contributed by atoms with Crippen LogP contribution in [0.2, 0.25) is 0 Å². The maximum absolute atomic E-state index is 4.97. The van der Waals surface area contributed by atoms with Gasteiger partial charge in [-0.15, -0.1) is 0 Å². The molecule has 0 heterocycles. The quantitative estimate of drug-likeness (QED) is 0.368. The van der Waals surface area contributed by atoms with E-state index in [0.29, 0.717) is 0 Å². The first-order valence-corrected chi connectivity index (χ1v) is 1.74. The van der Waals surface area contributed by atoms with E-state index in [0.717, 1.165) is 12.8 Å². The largest absolute Gasteiger partial charge is 2.00 e. The molecule has 6 heavy (non-hydrogen) atoms. The summed E-state index contributed by atoms with van der Waals surface area (Å²) in [5.74, 6) is 0. The third kappa shape index (κ3) is 8.89. The molecule has 0 aromatic heterocycles. The molecule has 0 amide bonds. The summed E-state index contributed by atoms with van der Waals surface area (Å²) in [4.78, 5) is 0. The average Bonchev–Trinajstić information content (AvgIpc) is 1.41. The Hall–Kier alpha value is 1.000. The van der Waals surface area contributed by atoms with Gasteiger partial charge in [-0.25, -0.2) is 0 Å². The molecule has 0 saturated heterocycles. The number of allylic oxidation sites excluding steroid dienone is 1. The molecule has 0 aliphatic heterocycles. The van der Waals surface area contributed by atoms with Crippen LogP contribution in [-0.2, 0) is 0 Å². The maximum atomic E-state index is 4.97. The van der Waals surface area contributed by atoms with E-state index in [9.17, 15) is 0 Å². The molecule has 0 rings (SSSR count). The van der Waals surface area contributed by atoms with Crippen molar-refractivity contribution in [3.8, 4) is 0 Å². The summed E-state index contributed by atoms with van der Waals surface area (Å²) in [6.45, 7) is 8.54. The Morgan fingerprint density at radius 1 is 1.67 bits per heavy atom. The zero-order valence-electron chi connectivity index (χ0n) is 3.98. The smallest absolute Gasteiger partial charge is 0.518 e. The van der Waals surface area contributed by atoms with E-state index in [-0.39, 0.29) is 37.7 Å². The summed E-state index contributed by atoms with van der Waals surface area (Å²) in [5, 5.41) is 0. The Morgan fingerprint density at radius 3 is 2.17 bits per heavy atom. The zero-order valence-corrected chi connectivity index (χ0v) is 6.19. The zero-order chi connectivity index (χ0) is 4.12. The first-order valence-electron chi connectivity index (χ1n) is 1.74. The Balaban J connectivity index is 0. The van der Waals surface area contributed by atoms with Crippen molar-refractivity contribution in [1.82, 2.24) is 0 Å². The molecule has 0 atom stereocenters. The van der Waals surface area contributed by atoms with Crippen molar-refractivity contribution in [3.63, 3.8) is 0 Å². The Kier molecular flexibility index (Phi) is 15.7. The summed E-state index contributed by atoms with van der Waals surface area (Å²) >= 11 is 0. The molecule has 0 unspecified atom stereocenters. The van der Waals surface area contributed by atoms with Gasteiger partial charge in [0, 0.05) is 0 Å². The van der Waals surface area contributed by atoms with Crippen molar-refractivity contribution >= 4 is 37.7 Å². The van der Waals surface area contributed by atoms with E-state index in [1.165, 1.54) is 0 Å². The van der Waals surface area contributed by atoms with Gasteiger partial charge in [0.1, 0.15) is 0 Å². The standard InChI is InChI=1S/C5H8.Ca/c1-3-5-4-2;/h1,3H,2,4-5H2;/q-2;+2. The predicted octanol–water partition coefficient (Wildman–Crippen LogP) is 1.21. The van der Waals surface area contributed by atoms with Crippen LogP contribution < -0.4 is 0 Å². The molecule has 30 valence electrons. The van der Waals surface area contributed by atoms with Crippen molar-refractivity contribution in [2.45, 2.75) is 12.8 Å². The number of hydrogen-bond donors (Lipinski definition) is 0. The van der Waals surface area contributed by atoms with Crippen LogP contribution in [0, 0.1) is 13.5 Å². The van der Waals surface area contributed by atoms with Crippen LogP contribution in [0.3, 0.4) is 0 Å². The van der Waals surface area contributed by atoms with Gasteiger partial charge >= 0.3 is 37.7 Å². The van der Waals surface area contributed by atoms with Gasteiger partial charge in [-0.2, -0.15) is 6.42 Å². The van der Waals surface area contributed by atoms with Crippen molar-refractivity contribution in [2.24, 2.45) is 0 Å². The fourth-order valence-electron chi connectivity index (χ4n) is 0.118. The van der Waals surface area contributed by atoms with Crippen LogP contribution in [0.25, 0.3) is 0 Å². The summed E-state index contributed by atoms with van der Waals surface area (Å²) in [6.07, 6.45) is 3.46. The minimum absolute atomic E-state index is 0. The van der Waals surface area contributed by atoms with Gasteiger partial charge in [-0.1, -0.05) is 6.42 Å². The molecule has 1 heteroatoms. The average molecular weight is 108 g/mol. The van der Waals surface area contributed by atoms with Gasteiger partial charge in [-0.05, 0) is 0 Å². The molecule has 0 N–H and O–H groups in total. The van der Waals surface area contributed by atoms with E-state index >= 15 is 0 Å². The summed E-state index contributed by atoms with van der Waals surface area (Å²) in [7, 11) is 0. The van der Waals surface area contributed by atoms with E-state index in [1.54, 1.807) is 6.08 Å². The third-order valence-electron chi connectivity index (χ3n) is 0.371. The SMILES string of the molecule is [CH-]=CCC[CH2-].[Ca+2]. The second-order valence-corrected chi connectivity index (χ2v) is 0.878. The van der Waals surface area contributed by atoms with E-state index in [4.69, 9.17) is 6.58 Å². The van der Waals surface area contributed by atoms with Gasteiger partial charge in [0.25, 0.3) is 0 Å². The second kappa shape index (κ2) is 9.37. The van der Waals surface area contributed by atoms with Gasteiger partial charge in [0.05, 0.1) is 0 Å². The summed E-state index contributed by atoms with van der Waals surface area (Å²) < 4.78 is 0. The Bertz CT molecular complexity index is 25.1. The first-order chi connectivity index (χ1) is 2.41. The maximum Gasteiger partial charge on any atom is 2.00 e.